The molecule has 0 atom stereocenters. The Labute approximate surface area is 151 Å². The molecule has 1 N–H and O–H groups in total. The summed E-state index contributed by atoms with van der Waals surface area (Å²) in [6.45, 7) is 6.57. The van der Waals surface area contributed by atoms with Crippen molar-refractivity contribution in [3.8, 4) is 0 Å². The Morgan fingerprint density at radius 1 is 1.23 bits per heavy atom. The number of nitrogens with one attached hydrogen (secondary N) is 1. The van der Waals surface area contributed by atoms with E-state index >= 15 is 0 Å². The minimum atomic E-state index is -0.426. The number of amides is 1. The lowest BCUT2D eigenvalue weighted by Gasteiger charge is -2.12. The molecule has 2 heterocycles. The minimum absolute atomic E-state index is 0.164. The van der Waals surface area contributed by atoms with Gasteiger partial charge in [0.05, 0.1) is 5.69 Å². The summed E-state index contributed by atoms with van der Waals surface area (Å²) in [5.74, 6) is 0.0549. The first-order chi connectivity index (χ1) is 12.4. The standard InChI is InChI=1S/C19H23N5O2/c1-12(2)8-10-24-11-9-13(3)16(19(24)26)18(25)20-14-6-5-7-15-17(14)22-23(4)21-15/h5-7,9,11-12H,8,10H2,1-4H3,(H,20,25). The highest BCUT2D eigenvalue weighted by Gasteiger charge is 2.18. The summed E-state index contributed by atoms with van der Waals surface area (Å²) >= 11 is 0. The van der Waals surface area contributed by atoms with Gasteiger partial charge in [-0.15, -0.1) is 0 Å². The fourth-order valence-electron chi connectivity index (χ4n) is 2.84. The monoisotopic (exact) mass is 353 g/mol. The molecule has 3 rings (SSSR count). The number of hydrogen-bond donors (Lipinski definition) is 1. The molecule has 0 unspecified atom stereocenters. The van der Waals surface area contributed by atoms with E-state index in [2.05, 4.69) is 29.4 Å². The third kappa shape index (κ3) is 3.51. The molecule has 7 nitrogen and oxygen atoms in total. The van der Waals surface area contributed by atoms with Crippen LogP contribution in [-0.4, -0.2) is 25.5 Å². The molecule has 0 saturated carbocycles. The van der Waals surface area contributed by atoms with Gasteiger partial charge >= 0.3 is 0 Å². The Morgan fingerprint density at radius 2 is 2.00 bits per heavy atom. The van der Waals surface area contributed by atoms with Gasteiger partial charge in [-0.3, -0.25) is 9.59 Å². The lowest BCUT2D eigenvalue weighted by molar-refractivity contribution is 0.102. The quantitative estimate of drug-likeness (QED) is 0.765. The molecule has 7 heteroatoms. The molecular weight excluding hydrogens is 330 g/mol. The Kier molecular flexibility index (Phi) is 4.88. The highest BCUT2D eigenvalue weighted by molar-refractivity contribution is 6.08. The Balaban J connectivity index is 1.94. The van der Waals surface area contributed by atoms with Crippen molar-refractivity contribution in [1.82, 2.24) is 19.6 Å². The van der Waals surface area contributed by atoms with Crippen LogP contribution >= 0.6 is 0 Å². The molecule has 0 fully saturated rings. The molecule has 0 spiro atoms. The maximum absolute atomic E-state index is 12.8. The molecule has 0 radical (unpaired) electrons. The second-order valence-corrected chi connectivity index (χ2v) is 6.87. The molecule has 0 aliphatic rings. The second-order valence-electron chi connectivity index (χ2n) is 6.87. The molecule has 1 aromatic carbocycles. The smallest absolute Gasteiger partial charge is 0.263 e. The first-order valence-electron chi connectivity index (χ1n) is 8.68. The van der Waals surface area contributed by atoms with Gasteiger partial charge in [-0.1, -0.05) is 19.9 Å². The molecule has 2 aromatic heterocycles. The SMILES string of the molecule is Cc1ccn(CCC(C)C)c(=O)c1C(=O)Nc1cccc2nn(C)nc12. The van der Waals surface area contributed by atoms with Crippen molar-refractivity contribution in [3.05, 3.63) is 51.9 Å². The van der Waals surface area contributed by atoms with Crippen LogP contribution in [0.4, 0.5) is 5.69 Å². The third-order valence-corrected chi connectivity index (χ3v) is 4.31. The summed E-state index contributed by atoms with van der Waals surface area (Å²) in [6.07, 6.45) is 2.63. The number of hydrogen-bond acceptors (Lipinski definition) is 4. The van der Waals surface area contributed by atoms with E-state index in [0.717, 1.165) is 6.42 Å². The number of benzene rings is 1. The molecule has 0 bridgehead atoms. The van der Waals surface area contributed by atoms with Crippen LogP contribution in [0.2, 0.25) is 0 Å². The normalized spacial score (nSPS) is 11.3. The van der Waals surface area contributed by atoms with Crippen LogP contribution in [0.3, 0.4) is 0 Å². The van der Waals surface area contributed by atoms with Gasteiger partial charge in [0.15, 0.2) is 0 Å². The number of aryl methyl sites for hydroxylation is 3. The third-order valence-electron chi connectivity index (χ3n) is 4.31. The van der Waals surface area contributed by atoms with E-state index in [1.54, 1.807) is 42.9 Å². The van der Waals surface area contributed by atoms with E-state index in [9.17, 15) is 9.59 Å². The van der Waals surface area contributed by atoms with Crippen LogP contribution in [-0.2, 0) is 13.6 Å². The number of carbonyl (C=O) groups is 1. The van der Waals surface area contributed by atoms with Gasteiger partial charge in [-0.25, -0.2) is 0 Å². The lowest BCUT2D eigenvalue weighted by Crippen LogP contribution is -2.30. The van der Waals surface area contributed by atoms with Gasteiger partial charge in [0.25, 0.3) is 11.5 Å². The highest BCUT2D eigenvalue weighted by Crippen LogP contribution is 2.20. The highest BCUT2D eigenvalue weighted by atomic mass is 16.2. The zero-order valence-electron chi connectivity index (χ0n) is 15.5. The van der Waals surface area contributed by atoms with E-state index in [0.29, 0.717) is 34.7 Å². The van der Waals surface area contributed by atoms with E-state index in [1.165, 1.54) is 4.80 Å². The van der Waals surface area contributed by atoms with Crippen LogP contribution < -0.4 is 10.9 Å². The number of aromatic nitrogens is 4. The van der Waals surface area contributed by atoms with Gasteiger partial charge in [-0.2, -0.15) is 15.0 Å². The van der Waals surface area contributed by atoms with Gasteiger partial charge in [-0.05, 0) is 43.0 Å². The van der Waals surface area contributed by atoms with Crippen LogP contribution in [0.1, 0.15) is 36.2 Å². The summed E-state index contributed by atoms with van der Waals surface area (Å²) in [5, 5.41) is 11.3. The van der Waals surface area contributed by atoms with Crippen molar-refractivity contribution in [2.75, 3.05) is 5.32 Å². The van der Waals surface area contributed by atoms with Gasteiger partial charge in [0.1, 0.15) is 16.6 Å². The number of pyridine rings is 1. The predicted octanol–water partition coefficient (Wildman–Crippen LogP) is 2.74. The van der Waals surface area contributed by atoms with Crippen molar-refractivity contribution in [2.45, 2.75) is 33.7 Å². The first kappa shape index (κ1) is 17.8. The van der Waals surface area contributed by atoms with Gasteiger partial charge < -0.3 is 9.88 Å². The first-order valence-corrected chi connectivity index (χ1v) is 8.68. The number of carbonyl (C=O) groups excluding carboxylic acids is 1. The Hall–Kier alpha value is -2.96. The van der Waals surface area contributed by atoms with Crippen molar-refractivity contribution in [3.63, 3.8) is 0 Å². The number of nitrogens with zero attached hydrogens (tertiary/aromatic N) is 4. The lowest BCUT2D eigenvalue weighted by atomic mass is 10.1. The van der Waals surface area contributed by atoms with Crippen molar-refractivity contribution >= 4 is 22.6 Å². The minimum Gasteiger partial charge on any atom is -0.320 e. The number of rotatable bonds is 5. The summed E-state index contributed by atoms with van der Waals surface area (Å²) in [5.41, 5.74) is 2.37. The van der Waals surface area contributed by atoms with Crippen LogP contribution in [0.15, 0.2) is 35.3 Å². The van der Waals surface area contributed by atoms with E-state index in [4.69, 9.17) is 0 Å². The fraction of sp³-hybridized carbons (Fsp3) is 0.368. The average Bonchev–Trinajstić information content (AvgIpc) is 2.95. The Morgan fingerprint density at radius 3 is 2.73 bits per heavy atom. The fourth-order valence-corrected chi connectivity index (χ4v) is 2.84. The molecule has 0 aliphatic heterocycles. The number of anilines is 1. The second kappa shape index (κ2) is 7.11. The summed E-state index contributed by atoms with van der Waals surface area (Å²) < 4.78 is 1.60. The molecule has 136 valence electrons. The summed E-state index contributed by atoms with van der Waals surface area (Å²) in [7, 11) is 1.72. The van der Waals surface area contributed by atoms with E-state index in [-0.39, 0.29) is 11.1 Å². The topological polar surface area (TPSA) is 81.8 Å². The molecule has 0 aliphatic carbocycles. The maximum atomic E-state index is 12.8. The van der Waals surface area contributed by atoms with Crippen molar-refractivity contribution in [1.29, 1.82) is 0 Å². The molecule has 3 aromatic rings. The molecule has 1 amide bonds. The summed E-state index contributed by atoms with van der Waals surface area (Å²) in [4.78, 5) is 27.0. The van der Waals surface area contributed by atoms with Crippen LogP contribution in [0, 0.1) is 12.8 Å². The molecular formula is C19H23N5O2. The number of fused-ring (bicyclic) bond motifs is 1. The van der Waals surface area contributed by atoms with E-state index in [1.807, 2.05) is 6.07 Å². The average molecular weight is 353 g/mol. The molecule has 26 heavy (non-hydrogen) atoms. The van der Waals surface area contributed by atoms with Crippen LogP contribution in [0.25, 0.3) is 11.0 Å². The maximum Gasteiger partial charge on any atom is 0.263 e. The zero-order valence-corrected chi connectivity index (χ0v) is 15.5. The Bertz CT molecular complexity index is 1020. The van der Waals surface area contributed by atoms with Gasteiger partial charge in [0.2, 0.25) is 0 Å². The predicted molar refractivity (Wildman–Crippen MR) is 101 cm³/mol. The van der Waals surface area contributed by atoms with Crippen molar-refractivity contribution < 1.29 is 4.79 Å². The van der Waals surface area contributed by atoms with Crippen LogP contribution in [0.5, 0.6) is 0 Å². The van der Waals surface area contributed by atoms with Crippen molar-refractivity contribution in [2.24, 2.45) is 13.0 Å². The van der Waals surface area contributed by atoms with Gasteiger partial charge in [0, 0.05) is 19.8 Å². The van der Waals surface area contributed by atoms with E-state index < -0.39 is 5.91 Å². The summed E-state index contributed by atoms with van der Waals surface area (Å²) in [6, 6.07) is 7.18. The largest absolute Gasteiger partial charge is 0.320 e. The zero-order chi connectivity index (χ0) is 18.8. The molecule has 0 saturated heterocycles.